The van der Waals surface area contributed by atoms with E-state index in [4.69, 9.17) is 27.9 Å². The van der Waals surface area contributed by atoms with E-state index < -0.39 is 39.1 Å². The molecule has 40 heavy (non-hydrogen) atoms. The molecule has 210 valence electrons. The van der Waals surface area contributed by atoms with Crippen LogP contribution in [0.25, 0.3) is 0 Å². The molecule has 3 atom stereocenters. The van der Waals surface area contributed by atoms with Gasteiger partial charge in [0.05, 0.1) is 12.3 Å². The Morgan fingerprint density at radius 1 is 1.05 bits per heavy atom. The molecule has 2 heterocycles. The number of amides is 2. The van der Waals surface area contributed by atoms with E-state index in [2.05, 4.69) is 15.4 Å². The van der Waals surface area contributed by atoms with Crippen LogP contribution in [0.1, 0.15) is 40.6 Å². The highest BCUT2D eigenvalue weighted by Gasteiger charge is 2.61. The van der Waals surface area contributed by atoms with Crippen LogP contribution in [0.2, 0.25) is 10.0 Å². The number of fused-ring (bicyclic) bond motifs is 2. The van der Waals surface area contributed by atoms with Gasteiger partial charge in [-0.05, 0) is 66.1 Å². The first-order valence-electron chi connectivity index (χ1n) is 12.4. The van der Waals surface area contributed by atoms with Crippen molar-refractivity contribution in [2.75, 3.05) is 24.7 Å². The van der Waals surface area contributed by atoms with Gasteiger partial charge < -0.3 is 15.4 Å². The highest BCUT2D eigenvalue weighted by Crippen LogP contribution is 2.59. The van der Waals surface area contributed by atoms with Crippen molar-refractivity contribution in [1.29, 1.82) is 0 Å². The van der Waals surface area contributed by atoms with Crippen LogP contribution in [-0.4, -0.2) is 39.6 Å². The molecule has 2 amide bonds. The van der Waals surface area contributed by atoms with E-state index in [0.717, 1.165) is 6.26 Å². The number of carbonyl (C=O) groups is 2. The molecule has 1 fully saturated rings. The van der Waals surface area contributed by atoms with E-state index >= 15 is 0 Å². The fourth-order valence-corrected chi connectivity index (χ4v) is 6.56. The van der Waals surface area contributed by atoms with Crippen LogP contribution in [-0.2, 0) is 25.0 Å². The van der Waals surface area contributed by atoms with Gasteiger partial charge in [-0.2, -0.15) is 0 Å². The van der Waals surface area contributed by atoms with Crippen molar-refractivity contribution in [3.63, 3.8) is 0 Å². The SMILES string of the molecule is Cc1ccc(F)cc1[C@@H]1NC(=O)C[C@H](c2cc(Cl)ccc2OCCNS(C)(=O)=O)[C@@]12C(=O)Nc1cc(Cl)ccc12. The van der Waals surface area contributed by atoms with Crippen molar-refractivity contribution in [3.8, 4) is 5.75 Å². The van der Waals surface area contributed by atoms with Crippen LogP contribution in [0.4, 0.5) is 10.1 Å². The lowest BCUT2D eigenvalue weighted by molar-refractivity contribution is -0.131. The lowest BCUT2D eigenvalue weighted by Gasteiger charge is -2.47. The minimum Gasteiger partial charge on any atom is -0.492 e. The average molecular weight is 607 g/mol. The minimum absolute atomic E-state index is 0.00409. The second-order valence-electron chi connectivity index (χ2n) is 9.97. The van der Waals surface area contributed by atoms with Crippen LogP contribution < -0.4 is 20.1 Å². The second kappa shape index (κ2) is 10.7. The number of hydrogen-bond acceptors (Lipinski definition) is 5. The predicted molar refractivity (Wildman–Crippen MR) is 151 cm³/mol. The summed E-state index contributed by atoms with van der Waals surface area (Å²) >= 11 is 12.7. The lowest BCUT2D eigenvalue weighted by Crippen LogP contribution is -2.57. The molecule has 2 aliphatic rings. The van der Waals surface area contributed by atoms with Gasteiger partial charge in [-0.1, -0.05) is 35.3 Å². The molecule has 0 radical (unpaired) electrons. The average Bonchev–Trinajstić information content (AvgIpc) is 3.15. The molecule has 0 aliphatic carbocycles. The van der Waals surface area contributed by atoms with Crippen LogP contribution >= 0.6 is 23.2 Å². The number of carbonyl (C=O) groups excluding carboxylic acids is 2. The molecular formula is C28H26Cl2FN3O5S. The summed E-state index contributed by atoms with van der Waals surface area (Å²) in [6.07, 6.45) is 0.945. The van der Waals surface area contributed by atoms with Gasteiger partial charge in [0, 0.05) is 40.2 Å². The Bertz CT molecular complexity index is 1630. The molecular weight excluding hydrogens is 580 g/mol. The number of sulfonamides is 1. The Morgan fingerprint density at radius 2 is 1.77 bits per heavy atom. The molecule has 3 aromatic rings. The summed E-state index contributed by atoms with van der Waals surface area (Å²) in [5.41, 5.74) is 1.28. The largest absolute Gasteiger partial charge is 0.492 e. The molecule has 1 saturated heterocycles. The van der Waals surface area contributed by atoms with Crippen molar-refractivity contribution in [3.05, 3.63) is 92.7 Å². The number of nitrogens with one attached hydrogen (secondary N) is 3. The summed E-state index contributed by atoms with van der Waals surface area (Å²) in [7, 11) is -3.43. The Balaban J connectivity index is 1.71. The van der Waals surface area contributed by atoms with E-state index in [1.54, 1.807) is 49.4 Å². The van der Waals surface area contributed by atoms with Gasteiger partial charge in [0.2, 0.25) is 21.8 Å². The topological polar surface area (TPSA) is 114 Å². The summed E-state index contributed by atoms with van der Waals surface area (Å²) in [5.74, 6) is -1.71. The van der Waals surface area contributed by atoms with Crippen LogP contribution in [0.3, 0.4) is 0 Å². The van der Waals surface area contributed by atoms with E-state index in [-0.39, 0.29) is 25.5 Å². The summed E-state index contributed by atoms with van der Waals surface area (Å²) < 4.78 is 45.9. The highest BCUT2D eigenvalue weighted by molar-refractivity contribution is 7.88. The van der Waals surface area contributed by atoms with E-state index in [1.165, 1.54) is 12.1 Å². The third-order valence-corrected chi connectivity index (χ3v) is 8.57. The minimum atomic E-state index is -3.43. The molecule has 5 rings (SSSR count). The van der Waals surface area contributed by atoms with Gasteiger partial charge in [0.15, 0.2) is 0 Å². The van der Waals surface area contributed by atoms with Crippen molar-refractivity contribution >= 4 is 50.7 Å². The standard InChI is InChI=1S/C28H26Cl2FN3O5S/c1-15-3-6-18(31)13-19(15)26-28(21-7-4-17(30)12-23(21)33-27(28)36)22(14-25(35)34-26)20-11-16(29)5-8-24(20)39-10-9-32-40(2,37)38/h3-8,11-13,22,26,32H,9-10,14H2,1-2H3,(H,33,36)(H,34,35)/t22-,26+,28-/m1/s1. The molecule has 0 bridgehead atoms. The van der Waals surface area contributed by atoms with Crippen LogP contribution in [0, 0.1) is 12.7 Å². The zero-order chi connectivity index (χ0) is 28.8. The maximum atomic E-state index is 14.6. The predicted octanol–water partition coefficient (Wildman–Crippen LogP) is 4.60. The van der Waals surface area contributed by atoms with Crippen LogP contribution in [0.5, 0.6) is 5.75 Å². The number of piperidine rings is 1. The molecule has 0 aromatic heterocycles. The lowest BCUT2D eigenvalue weighted by atomic mass is 9.59. The first-order chi connectivity index (χ1) is 18.9. The van der Waals surface area contributed by atoms with Gasteiger partial charge in [0.25, 0.3) is 0 Å². The molecule has 2 aliphatic heterocycles. The first-order valence-corrected chi connectivity index (χ1v) is 15.1. The molecule has 3 N–H and O–H groups in total. The molecule has 12 heteroatoms. The maximum Gasteiger partial charge on any atom is 0.238 e. The van der Waals surface area contributed by atoms with Crippen molar-refractivity contribution in [2.45, 2.75) is 30.7 Å². The van der Waals surface area contributed by atoms with Crippen molar-refractivity contribution in [1.82, 2.24) is 10.0 Å². The van der Waals surface area contributed by atoms with Crippen LogP contribution in [0.15, 0.2) is 54.6 Å². The Kier molecular flexibility index (Phi) is 7.56. The van der Waals surface area contributed by atoms with Gasteiger partial charge in [-0.15, -0.1) is 0 Å². The normalized spacial score (nSPS) is 22.1. The molecule has 0 saturated carbocycles. The third kappa shape index (κ3) is 5.16. The van der Waals surface area contributed by atoms with Gasteiger partial charge in [-0.25, -0.2) is 17.5 Å². The fourth-order valence-electron chi connectivity index (χ4n) is 5.75. The highest BCUT2D eigenvalue weighted by atomic mass is 35.5. The van der Waals surface area contributed by atoms with Gasteiger partial charge in [-0.3, -0.25) is 9.59 Å². The number of anilines is 1. The van der Waals surface area contributed by atoms with E-state index in [1.807, 2.05) is 0 Å². The second-order valence-corrected chi connectivity index (χ2v) is 12.7. The summed E-state index contributed by atoms with van der Waals surface area (Å²) in [4.78, 5) is 27.5. The molecule has 1 spiro atoms. The number of ether oxygens (including phenoxy) is 1. The zero-order valence-electron chi connectivity index (χ0n) is 21.6. The Hall–Kier alpha value is -3.18. The Labute approximate surface area is 241 Å². The first kappa shape index (κ1) is 28.4. The molecule has 3 aromatic carbocycles. The number of aryl methyl sites for hydroxylation is 1. The Morgan fingerprint density at radius 3 is 2.52 bits per heavy atom. The maximum absolute atomic E-state index is 14.6. The quantitative estimate of drug-likeness (QED) is 0.341. The van der Waals surface area contributed by atoms with Crippen molar-refractivity contribution < 1.29 is 27.1 Å². The van der Waals surface area contributed by atoms with Gasteiger partial charge >= 0.3 is 0 Å². The van der Waals surface area contributed by atoms with Crippen molar-refractivity contribution in [2.24, 2.45) is 0 Å². The number of benzene rings is 3. The van der Waals surface area contributed by atoms with E-state index in [0.29, 0.717) is 43.7 Å². The summed E-state index contributed by atoms with van der Waals surface area (Å²) in [6.45, 7) is 1.78. The fraction of sp³-hybridized carbons (Fsp3) is 0.286. The van der Waals surface area contributed by atoms with Gasteiger partial charge in [0.1, 0.15) is 23.6 Å². The number of hydrogen-bond donors (Lipinski definition) is 3. The zero-order valence-corrected chi connectivity index (χ0v) is 23.9. The summed E-state index contributed by atoms with van der Waals surface area (Å²) in [5, 5.41) is 6.67. The molecule has 0 unspecified atom stereocenters. The monoisotopic (exact) mass is 605 g/mol. The number of rotatable bonds is 7. The smallest absolute Gasteiger partial charge is 0.238 e. The third-order valence-electron chi connectivity index (χ3n) is 7.37. The van der Waals surface area contributed by atoms with E-state index in [9.17, 15) is 22.4 Å². The summed E-state index contributed by atoms with van der Waals surface area (Å²) in [6, 6.07) is 13.2. The molecule has 8 nitrogen and oxygen atoms in total. The number of halogens is 3.